The Bertz CT molecular complexity index is 303. The number of carbonyl (C=O) groups excluding carboxylic acids is 1. The van der Waals surface area contributed by atoms with Crippen molar-refractivity contribution in [2.45, 2.75) is 40.0 Å². The number of aliphatic hydroxyl groups is 1. The summed E-state index contributed by atoms with van der Waals surface area (Å²) < 4.78 is 4.70. The molecule has 0 fully saturated rings. The van der Waals surface area contributed by atoms with Gasteiger partial charge in [0.15, 0.2) is 5.96 Å². The topological polar surface area (TPSA) is 83.0 Å². The molecule has 2 unspecified atom stereocenters. The van der Waals surface area contributed by atoms with Crippen LogP contribution in [0.2, 0.25) is 0 Å². The van der Waals surface area contributed by atoms with Crippen LogP contribution in [0.1, 0.15) is 40.0 Å². The first-order valence-corrected chi connectivity index (χ1v) is 7.79. The van der Waals surface area contributed by atoms with E-state index in [1.54, 1.807) is 0 Å². The largest absolute Gasteiger partial charge is 0.469 e. The lowest BCUT2D eigenvalue weighted by atomic mass is 10.0. The first-order chi connectivity index (χ1) is 10.1. The number of guanidine groups is 1. The molecule has 0 aromatic rings. The van der Waals surface area contributed by atoms with Gasteiger partial charge in [-0.1, -0.05) is 20.3 Å². The molecule has 6 nitrogen and oxygen atoms in total. The van der Waals surface area contributed by atoms with Crippen LogP contribution in [-0.2, 0) is 9.53 Å². The summed E-state index contributed by atoms with van der Waals surface area (Å²) in [5, 5.41) is 15.4. The van der Waals surface area contributed by atoms with Crippen LogP contribution in [0.15, 0.2) is 4.99 Å². The van der Waals surface area contributed by atoms with Gasteiger partial charge in [-0.2, -0.15) is 0 Å². The number of hydrogen-bond donors (Lipinski definition) is 3. The molecule has 0 aliphatic carbocycles. The van der Waals surface area contributed by atoms with Gasteiger partial charge in [-0.25, -0.2) is 0 Å². The molecule has 0 rings (SSSR count). The number of nitrogens with zero attached hydrogens (tertiary/aromatic N) is 1. The Hall–Kier alpha value is -1.30. The lowest BCUT2D eigenvalue weighted by Crippen LogP contribution is -2.41. The van der Waals surface area contributed by atoms with Crippen LogP contribution < -0.4 is 10.6 Å². The summed E-state index contributed by atoms with van der Waals surface area (Å²) in [4.78, 5) is 15.9. The monoisotopic (exact) mass is 301 g/mol. The molecular weight excluding hydrogens is 270 g/mol. The van der Waals surface area contributed by atoms with Crippen LogP contribution in [0.3, 0.4) is 0 Å². The zero-order valence-corrected chi connectivity index (χ0v) is 13.8. The third-order valence-corrected chi connectivity index (χ3v) is 3.27. The van der Waals surface area contributed by atoms with Gasteiger partial charge in [-0.3, -0.25) is 9.79 Å². The molecule has 0 amide bonds. The number of rotatable bonds is 10. The van der Waals surface area contributed by atoms with Crippen molar-refractivity contribution in [3.8, 4) is 0 Å². The van der Waals surface area contributed by atoms with Crippen LogP contribution in [-0.4, -0.2) is 50.4 Å². The van der Waals surface area contributed by atoms with Gasteiger partial charge in [0.05, 0.1) is 13.0 Å². The van der Waals surface area contributed by atoms with E-state index in [9.17, 15) is 4.79 Å². The Morgan fingerprint density at radius 1 is 1.29 bits per heavy atom. The van der Waals surface area contributed by atoms with E-state index in [2.05, 4.69) is 22.5 Å². The molecule has 21 heavy (non-hydrogen) atoms. The summed E-state index contributed by atoms with van der Waals surface area (Å²) in [7, 11) is 1.39. The van der Waals surface area contributed by atoms with E-state index >= 15 is 0 Å². The molecule has 0 spiro atoms. The minimum atomic E-state index is -0.234. The molecule has 0 aliphatic heterocycles. The molecule has 2 atom stereocenters. The van der Waals surface area contributed by atoms with Gasteiger partial charge in [-0.05, 0) is 25.7 Å². The fraction of sp³-hybridized carbons (Fsp3) is 0.867. The van der Waals surface area contributed by atoms with E-state index in [0.717, 1.165) is 25.8 Å². The van der Waals surface area contributed by atoms with Crippen molar-refractivity contribution in [1.29, 1.82) is 0 Å². The molecule has 0 heterocycles. The number of methoxy groups -OCH3 is 1. The average Bonchev–Trinajstić information content (AvgIpc) is 2.49. The van der Waals surface area contributed by atoms with Gasteiger partial charge in [0.2, 0.25) is 0 Å². The molecular formula is C15H31N3O3. The quantitative estimate of drug-likeness (QED) is 0.320. The number of aliphatic imine (C=N–C) groups is 1. The fourth-order valence-corrected chi connectivity index (χ4v) is 2.01. The lowest BCUT2D eigenvalue weighted by Gasteiger charge is -2.16. The molecule has 0 saturated carbocycles. The van der Waals surface area contributed by atoms with Crippen molar-refractivity contribution in [2.24, 2.45) is 16.8 Å². The highest BCUT2D eigenvalue weighted by molar-refractivity contribution is 5.80. The number of ether oxygens (including phenoxy) is 1. The summed E-state index contributed by atoms with van der Waals surface area (Å²) in [5.74, 6) is 0.644. The second-order valence-electron chi connectivity index (χ2n) is 5.19. The number of aliphatic hydroxyl groups excluding tert-OH is 1. The molecule has 0 aromatic carbocycles. The Labute approximate surface area is 128 Å². The predicted molar refractivity (Wildman–Crippen MR) is 85.3 cm³/mol. The van der Waals surface area contributed by atoms with Gasteiger partial charge < -0.3 is 20.5 Å². The van der Waals surface area contributed by atoms with E-state index in [4.69, 9.17) is 9.84 Å². The summed E-state index contributed by atoms with van der Waals surface area (Å²) in [6, 6.07) is 0. The van der Waals surface area contributed by atoms with E-state index in [1.165, 1.54) is 7.11 Å². The molecule has 0 bridgehead atoms. The van der Waals surface area contributed by atoms with E-state index < -0.39 is 0 Å². The first kappa shape index (κ1) is 19.7. The maximum atomic E-state index is 11.4. The molecule has 3 N–H and O–H groups in total. The Morgan fingerprint density at radius 2 is 2.00 bits per heavy atom. The van der Waals surface area contributed by atoms with Gasteiger partial charge in [0, 0.05) is 26.2 Å². The van der Waals surface area contributed by atoms with Crippen LogP contribution in [0, 0.1) is 11.8 Å². The SMILES string of the molecule is CCCC(CCO)CN=C(NCC)NCC(C)C(=O)OC. The predicted octanol–water partition coefficient (Wildman–Crippen LogP) is 1.15. The Balaban J connectivity index is 4.43. The molecule has 0 radical (unpaired) electrons. The normalized spacial score (nSPS) is 14.4. The maximum absolute atomic E-state index is 11.4. The van der Waals surface area contributed by atoms with Crippen molar-refractivity contribution in [1.82, 2.24) is 10.6 Å². The van der Waals surface area contributed by atoms with Crippen LogP contribution >= 0.6 is 0 Å². The molecule has 0 aromatic heterocycles. The minimum absolute atomic E-state index is 0.198. The molecule has 6 heteroatoms. The average molecular weight is 301 g/mol. The van der Waals surface area contributed by atoms with E-state index in [-0.39, 0.29) is 18.5 Å². The minimum Gasteiger partial charge on any atom is -0.469 e. The summed E-state index contributed by atoms with van der Waals surface area (Å²) in [6.45, 7) is 8.06. The molecule has 124 valence electrons. The van der Waals surface area contributed by atoms with Gasteiger partial charge in [0.25, 0.3) is 0 Å². The highest BCUT2D eigenvalue weighted by Crippen LogP contribution is 2.10. The third-order valence-electron chi connectivity index (χ3n) is 3.27. The number of nitrogens with one attached hydrogen (secondary N) is 2. The first-order valence-electron chi connectivity index (χ1n) is 7.79. The fourth-order valence-electron chi connectivity index (χ4n) is 2.01. The summed E-state index contributed by atoms with van der Waals surface area (Å²) in [6.07, 6.45) is 2.92. The highest BCUT2D eigenvalue weighted by Gasteiger charge is 2.13. The highest BCUT2D eigenvalue weighted by atomic mass is 16.5. The second kappa shape index (κ2) is 12.4. The van der Waals surface area contributed by atoms with Gasteiger partial charge >= 0.3 is 5.97 Å². The zero-order valence-electron chi connectivity index (χ0n) is 13.8. The smallest absolute Gasteiger partial charge is 0.310 e. The van der Waals surface area contributed by atoms with Crippen molar-refractivity contribution in [3.63, 3.8) is 0 Å². The number of carbonyl (C=O) groups is 1. The number of hydrogen-bond acceptors (Lipinski definition) is 4. The third kappa shape index (κ3) is 9.28. The maximum Gasteiger partial charge on any atom is 0.310 e. The van der Waals surface area contributed by atoms with Crippen molar-refractivity contribution >= 4 is 11.9 Å². The summed E-state index contributed by atoms with van der Waals surface area (Å²) in [5.41, 5.74) is 0. The lowest BCUT2D eigenvalue weighted by molar-refractivity contribution is -0.144. The van der Waals surface area contributed by atoms with Crippen molar-refractivity contribution in [2.75, 3.05) is 33.4 Å². The Morgan fingerprint density at radius 3 is 2.52 bits per heavy atom. The van der Waals surface area contributed by atoms with E-state index in [1.807, 2.05) is 13.8 Å². The number of esters is 1. The van der Waals surface area contributed by atoms with E-state index in [0.29, 0.717) is 25.0 Å². The molecule has 0 aliphatic rings. The van der Waals surface area contributed by atoms with Crippen LogP contribution in [0.25, 0.3) is 0 Å². The second-order valence-corrected chi connectivity index (χ2v) is 5.19. The Kier molecular flexibility index (Phi) is 11.7. The van der Waals surface area contributed by atoms with Gasteiger partial charge in [-0.15, -0.1) is 0 Å². The molecule has 0 saturated heterocycles. The van der Waals surface area contributed by atoms with Crippen LogP contribution in [0.4, 0.5) is 0 Å². The van der Waals surface area contributed by atoms with Crippen molar-refractivity contribution in [3.05, 3.63) is 0 Å². The van der Waals surface area contributed by atoms with Crippen LogP contribution in [0.5, 0.6) is 0 Å². The zero-order chi connectivity index (χ0) is 16.1. The summed E-state index contributed by atoms with van der Waals surface area (Å²) >= 11 is 0. The standard InChI is InChI=1S/C15H31N3O3/c1-5-7-13(8-9-19)11-18-15(16-6-2)17-10-12(3)14(20)21-4/h12-13,19H,5-11H2,1-4H3,(H2,16,17,18). The van der Waals surface area contributed by atoms with Gasteiger partial charge in [0.1, 0.15) is 0 Å². The van der Waals surface area contributed by atoms with Crippen molar-refractivity contribution < 1.29 is 14.6 Å².